The topological polar surface area (TPSA) is 92.0 Å². The third-order valence-corrected chi connectivity index (χ3v) is 9.52. The van der Waals surface area contributed by atoms with Gasteiger partial charge in [0.2, 0.25) is 0 Å². The Balaban J connectivity index is 1.65. The molecule has 0 amide bonds. The maximum Gasteiger partial charge on any atom is 0.333 e. The van der Waals surface area contributed by atoms with Gasteiger partial charge in [-0.1, -0.05) is 19.9 Å². The summed E-state index contributed by atoms with van der Waals surface area (Å²) in [6.07, 6.45) is 5.83. The first kappa shape index (κ1) is 21.3. The highest BCUT2D eigenvalue weighted by Gasteiger charge is 2.86. The fourth-order valence-corrected chi connectivity index (χ4v) is 7.14. The van der Waals surface area contributed by atoms with E-state index in [2.05, 4.69) is 0 Å². The Kier molecular flexibility index (Phi) is 4.31. The molecule has 0 radical (unpaired) electrons. The van der Waals surface area contributed by atoms with Crippen molar-refractivity contribution < 1.29 is 33.0 Å². The van der Waals surface area contributed by atoms with Crippen LogP contribution in [0, 0.1) is 22.2 Å². The Morgan fingerprint density at radius 2 is 1.94 bits per heavy atom. The van der Waals surface area contributed by atoms with Crippen molar-refractivity contribution >= 4 is 17.9 Å². The number of carbonyl (C=O) groups is 3. The molecule has 0 N–H and O–H groups in total. The van der Waals surface area contributed by atoms with Crippen LogP contribution in [0.5, 0.6) is 0 Å². The van der Waals surface area contributed by atoms with Gasteiger partial charge < -0.3 is 18.6 Å². The van der Waals surface area contributed by atoms with E-state index in [0.29, 0.717) is 31.3 Å². The molecule has 0 aromatic carbocycles. The molecule has 2 aliphatic carbocycles. The molecule has 4 aliphatic rings. The van der Waals surface area contributed by atoms with Gasteiger partial charge in [-0.25, -0.2) is 4.79 Å². The maximum absolute atomic E-state index is 13.8. The van der Waals surface area contributed by atoms with Crippen LogP contribution in [0.15, 0.2) is 34.7 Å². The van der Waals surface area contributed by atoms with E-state index in [9.17, 15) is 14.4 Å². The molecule has 32 heavy (non-hydrogen) atoms. The highest BCUT2D eigenvalue weighted by molar-refractivity contribution is 5.90. The maximum atomic E-state index is 13.8. The first-order valence-electron chi connectivity index (χ1n) is 11.4. The average Bonchev–Trinajstić information content (AvgIpc) is 3.48. The van der Waals surface area contributed by atoms with E-state index in [-0.39, 0.29) is 17.9 Å². The zero-order valence-electron chi connectivity index (χ0n) is 19.2. The number of cyclic esters (lactones) is 1. The normalized spacial score (nSPS) is 45.0. The number of carbonyl (C=O) groups excluding carboxylic acids is 3. The molecule has 2 saturated carbocycles. The molecule has 4 fully saturated rings. The lowest BCUT2D eigenvalue weighted by atomic mass is 9.45. The summed E-state index contributed by atoms with van der Waals surface area (Å²) in [5.74, 6) is -1.44. The molecule has 7 heteroatoms. The number of rotatable bonds is 3. The monoisotopic (exact) mass is 442 g/mol. The third-order valence-electron chi connectivity index (χ3n) is 9.52. The summed E-state index contributed by atoms with van der Waals surface area (Å²) in [7, 11) is 0. The summed E-state index contributed by atoms with van der Waals surface area (Å²) in [5, 5.41) is 0. The second-order valence-corrected chi connectivity index (χ2v) is 10.4. The molecule has 7 nitrogen and oxygen atoms in total. The summed E-state index contributed by atoms with van der Waals surface area (Å²) in [6, 6.07) is 1.79. The lowest BCUT2D eigenvalue weighted by Crippen LogP contribution is -2.67. The van der Waals surface area contributed by atoms with Gasteiger partial charge in [0.1, 0.15) is 23.2 Å². The zero-order valence-corrected chi connectivity index (χ0v) is 19.2. The molecule has 1 spiro atoms. The zero-order chi connectivity index (χ0) is 23.1. The predicted molar refractivity (Wildman–Crippen MR) is 112 cm³/mol. The molecule has 172 valence electrons. The van der Waals surface area contributed by atoms with E-state index >= 15 is 0 Å². The SMILES string of the molecule is C/C=C(\C)C(=O)O[C@H]1C[C@@]2(C)[C@@]3(CC[C@@]2(C)C(=O)O3)[C@@]2(C[C@H](c3ccoc3)OC2=O)[C@@H]1C. The van der Waals surface area contributed by atoms with Gasteiger partial charge in [-0.05, 0) is 46.1 Å². The van der Waals surface area contributed by atoms with E-state index < -0.39 is 40.0 Å². The fraction of sp³-hybridized carbons (Fsp3) is 0.640. The molecule has 1 aromatic rings. The minimum atomic E-state index is -1.11. The van der Waals surface area contributed by atoms with Gasteiger partial charge in [0.25, 0.3) is 0 Å². The highest BCUT2D eigenvalue weighted by Crippen LogP contribution is 2.78. The molecular formula is C25H30O7. The number of hydrogen-bond acceptors (Lipinski definition) is 7. The van der Waals surface area contributed by atoms with Crippen LogP contribution < -0.4 is 0 Å². The van der Waals surface area contributed by atoms with E-state index in [0.717, 1.165) is 5.56 Å². The Labute approximate surface area is 187 Å². The standard InChI is InChI=1S/C25H30O7/c1-6-14(2)19(26)30-17-11-23(5)22(4)8-9-25(23,32-20(22)27)24(15(17)3)12-18(31-21(24)28)16-7-10-29-13-16/h6-7,10,13,15,17-18H,8-9,11-12H2,1-5H3/b14-6+/t15-,17+,18-,22+,23-,24+,25+/m1/s1. The lowest BCUT2D eigenvalue weighted by molar-refractivity contribution is -0.227. The quantitative estimate of drug-likeness (QED) is 0.392. The van der Waals surface area contributed by atoms with E-state index in [4.69, 9.17) is 18.6 Å². The van der Waals surface area contributed by atoms with Crippen LogP contribution in [0.2, 0.25) is 0 Å². The summed E-state index contributed by atoms with van der Waals surface area (Å²) < 4.78 is 23.3. The van der Waals surface area contributed by atoms with Crippen LogP contribution in [-0.4, -0.2) is 29.6 Å². The number of ether oxygens (including phenoxy) is 3. The van der Waals surface area contributed by atoms with Gasteiger partial charge in [0.15, 0.2) is 0 Å². The molecule has 2 bridgehead atoms. The second kappa shape index (κ2) is 6.49. The third kappa shape index (κ3) is 2.20. The van der Waals surface area contributed by atoms with Crippen molar-refractivity contribution in [3.05, 3.63) is 35.8 Å². The summed E-state index contributed by atoms with van der Waals surface area (Å²) in [6.45, 7) is 9.38. The van der Waals surface area contributed by atoms with Crippen LogP contribution in [0.1, 0.15) is 72.0 Å². The molecule has 5 rings (SSSR count). The molecular weight excluding hydrogens is 412 g/mol. The predicted octanol–water partition coefficient (Wildman–Crippen LogP) is 4.27. The van der Waals surface area contributed by atoms with E-state index in [1.54, 1.807) is 38.5 Å². The van der Waals surface area contributed by atoms with E-state index in [1.807, 2.05) is 20.8 Å². The van der Waals surface area contributed by atoms with Gasteiger partial charge in [-0.15, -0.1) is 0 Å². The van der Waals surface area contributed by atoms with Crippen LogP contribution in [0.25, 0.3) is 0 Å². The molecule has 0 unspecified atom stereocenters. The minimum absolute atomic E-state index is 0.269. The van der Waals surface area contributed by atoms with E-state index in [1.165, 1.54) is 0 Å². The Hall–Kier alpha value is -2.57. The summed E-state index contributed by atoms with van der Waals surface area (Å²) in [5.41, 5.74) is -2.22. The van der Waals surface area contributed by atoms with Gasteiger partial charge >= 0.3 is 17.9 Å². The Bertz CT molecular complexity index is 1030. The van der Waals surface area contributed by atoms with Crippen molar-refractivity contribution in [1.29, 1.82) is 0 Å². The van der Waals surface area contributed by atoms with Gasteiger partial charge in [-0.3, -0.25) is 9.59 Å². The molecule has 2 aliphatic heterocycles. The minimum Gasteiger partial charge on any atom is -0.472 e. The molecule has 2 saturated heterocycles. The highest BCUT2D eigenvalue weighted by atomic mass is 16.6. The first-order valence-corrected chi connectivity index (χ1v) is 11.4. The molecule has 7 atom stereocenters. The van der Waals surface area contributed by atoms with Gasteiger partial charge in [-0.2, -0.15) is 0 Å². The second-order valence-electron chi connectivity index (χ2n) is 10.4. The van der Waals surface area contributed by atoms with Crippen LogP contribution in [0.4, 0.5) is 0 Å². The van der Waals surface area contributed by atoms with Crippen molar-refractivity contribution in [2.75, 3.05) is 0 Å². The largest absolute Gasteiger partial charge is 0.472 e. The Morgan fingerprint density at radius 1 is 1.19 bits per heavy atom. The van der Waals surface area contributed by atoms with Crippen molar-refractivity contribution in [2.45, 2.75) is 78.1 Å². The van der Waals surface area contributed by atoms with Crippen molar-refractivity contribution in [1.82, 2.24) is 0 Å². The average molecular weight is 443 g/mol. The number of allylic oxidation sites excluding steroid dienone is 1. The smallest absolute Gasteiger partial charge is 0.333 e. The summed E-state index contributed by atoms with van der Waals surface area (Å²) in [4.78, 5) is 39.7. The fourth-order valence-electron chi connectivity index (χ4n) is 7.14. The first-order chi connectivity index (χ1) is 15.1. The van der Waals surface area contributed by atoms with Gasteiger partial charge in [0.05, 0.1) is 17.9 Å². The van der Waals surface area contributed by atoms with Crippen molar-refractivity contribution in [3.63, 3.8) is 0 Å². The van der Waals surface area contributed by atoms with Crippen molar-refractivity contribution in [2.24, 2.45) is 22.2 Å². The van der Waals surface area contributed by atoms with Crippen LogP contribution >= 0.6 is 0 Å². The number of hydrogen-bond donors (Lipinski definition) is 0. The molecule has 1 aromatic heterocycles. The lowest BCUT2D eigenvalue weighted by Gasteiger charge is -2.57. The summed E-state index contributed by atoms with van der Waals surface area (Å²) >= 11 is 0. The number of furan rings is 1. The van der Waals surface area contributed by atoms with Gasteiger partial charge in [0, 0.05) is 28.9 Å². The Morgan fingerprint density at radius 3 is 2.56 bits per heavy atom. The van der Waals surface area contributed by atoms with Crippen molar-refractivity contribution in [3.8, 4) is 0 Å². The molecule has 3 heterocycles. The number of esters is 3. The van der Waals surface area contributed by atoms with Crippen LogP contribution in [0.3, 0.4) is 0 Å². The van der Waals surface area contributed by atoms with Crippen LogP contribution in [-0.2, 0) is 28.6 Å².